The Hall–Kier alpha value is -3.19. The Bertz CT molecular complexity index is 959. The van der Waals surface area contributed by atoms with Crippen LogP contribution in [0.15, 0.2) is 96.0 Å². The Kier molecular flexibility index (Phi) is 10.4. The lowest BCUT2D eigenvalue weighted by molar-refractivity contribution is -0.0267. The first-order valence-electron chi connectivity index (χ1n) is 11.4. The van der Waals surface area contributed by atoms with Crippen molar-refractivity contribution >= 4 is 6.21 Å². The van der Waals surface area contributed by atoms with Gasteiger partial charge in [-0.2, -0.15) is 0 Å². The lowest BCUT2D eigenvalue weighted by Crippen LogP contribution is -2.33. The summed E-state index contributed by atoms with van der Waals surface area (Å²) in [5, 5.41) is 0. The molecule has 0 amide bonds. The van der Waals surface area contributed by atoms with Gasteiger partial charge in [0.1, 0.15) is 0 Å². The number of hydrogen-bond acceptors (Lipinski definition) is 3. The van der Waals surface area contributed by atoms with Gasteiger partial charge in [-0.15, -0.1) is 11.8 Å². The molecular formula is C30H33NO2. The van der Waals surface area contributed by atoms with Crippen LogP contribution in [0.1, 0.15) is 36.5 Å². The van der Waals surface area contributed by atoms with Crippen LogP contribution in [-0.2, 0) is 29.2 Å². The van der Waals surface area contributed by atoms with Crippen molar-refractivity contribution in [1.82, 2.24) is 0 Å². The van der Waals surface area contributed by atoms with Crippen LogP contribution in [0.4, 0.5) is 0 Å². The molecule has 0 aliphatic rings. The third kappa shape index (κ3) is 9.06. The number of aliphatic imine (C=N–C) groups is 1. The molecule has 3 aromatic rings. The van der Waals surface area contributed by atoms with Gasteiger partial charge in [0.15, 0.2) is 0 Å². The van der Waals surface area contributed by atoms with Gasteiger partial charge in [0.25, 0.3) is 0 Å². The summed E-state index contributed by atoms with van der Waals surface area (Å²) in [6.45, 7) is 4.81. The van der Waals surface area contributed by atoms with Crippen molar-refractivity contribution in [2.24, 2.45) is 10.4 Å². The fourth-order valence-electron chi connectivity index (χ4n) is 3.54. The first-order valence-corrected chi connectivity index (χ1v) is 11.4. The molecule has 0 saturated heterocycles. The summed E-state index contributed by atoms with van der Waals surface area (Å²) in [6, 6.07) is 30.8. The molecule has 33 heavy (non-hydrogen) atoms. The lowest BCUT2D eigenvalue weighted by Gasteiger charge is -2.30. The Morgan fingerprint density at radius 3 is 1.70 bits per heavy atom. The van der Waals surface area contributed by atoms with Gasteiger partial charge in [0.2, 0.25) is 0 Å². The van der Waals surface area contributed by atoms with Crippen molar-refractivity contribution in [2.45, 2.75) is 39.5 Å². The molecule has 0 aliphatic heterocycles. The predicted molar refractivity (Wildman–Crippen MR) is 136 cm³/mol. The molecule has 0 fully saturated rings. The van der Waals surface area contributed by atoms with Crippen molar-refractivity contribution in [3.8, 4) is 11.8 Å². The van der Waals surface area contributed by atoms with E-state index in [1.54, 1.807) is 0 Å². The quantitative estimate of drug-likeness (QED) is 0.225. The summed E-state index contributed by atoms with van der Waals surface area (Å²) < 4.78 is 12.4. The van der Waals surface area contributed by atoms with Crippen molar-refractivity contribution in [3.05, 3.63) is 108 Å². The second kappa shape index (κ2) is 14.1. The van der Waals surface area contributed by atoms with Gasteiger partial charge in [-0.25, -0.2) is 0 Å². The summed E-state index contributed by atoms with van der Waals surface area (Å²) >= 11 is 0. The van der Waals surface area contributed by atoms with Crippen LogP contribution in [0.2, 0.25) is 0 Å². The summed E-state index contributed by atoms with van der Waals surface area (Å²) in [6.07, 6.45) is 3.46. The molecule has 3 nitrogen and oxygen atoms in total. The maximum atomic E-state index is 6.19. The maximum absolute atomic E-state index is 6.19. The molecule has 0 atom stereocenters. The fourth-order valence-corrected chi connectivity index (χ4v) is 3.54. The average molecular weight is 440 g/mol. The Morgan fingerprint density at radius 1 is 0.727 bits per heavy atom. The molecule has 0 N–H and O–H groups in total. The van der Waals surface area contributed by atoms with Crippen LogP contribution >= 0.6 is 0 Å². The van der Waals surface area contributed by atoms with Gasteiger partial charge in [0, 0.05) is 11.8 Å². The van der Waals surface area contributed by atoms with Gasteiger partial charge < -0.3 is 9.47 Å². The van der Waals surface area contributed by atoms with E-state index in [9.17, 15) is 0 Å². The van der Waals surface area contributed by atoms with E-state index < -0.39 is 0 Å². The topological polar surface area (TPSA) is 30.8 Å². The van der Waals surface area contributed by atoms with E-state index in [2.05, 4.69) is 53.2 Å². The summed E-state index contributed by atoms with van der Waals surface area (Å²) in [7, 11) is 0. The zero-order valence-corrected chi connectivity index (χ0v) is 19.5. The molecule has 0 saturated carbocycles. The molecule has 0 bridgehead atoms. The number of nitrogens with zero attached hydrogens (tertiary/aromatic N) is 1. The summed E-state index contributed by atoms with van der Waals surface area (Å²) in [5.74, 6) is 6.32. The van der Waals surface area contributed by atoms with E-state index in [0.29, 0.717) is 39.4 Å². The van der Waals surface area contributed by atoms with Crippen LogP contribution in [0.3, 0.4) is 0 Å². The average Bonchev–Trinajstić information content (AvgIpc) is 2.87. The summed E-state index contributed by atoms with van der Waals surface area (Å²) in [5.41, 5.74) is 3.27. The van der Waals surface area contributed by atoms with Crippen molar-refractivity contribution < 1.29 is 9.47 Å². The highest BCUT2D eigenvalue weighted by atomic mass is 16.5. The minimum atomic E-state index is -0.257. The van der Waals surface area contributed by atoms with Crippen LogP contribution in [0.5, 0.6) is 0 Å². The van der Waals surface area contributed by atoms with E-state index in [4.69, 9.17) is 9.47 Å². The molecular weight excluding hydrogens is 406 g/mol. The number of benzene rings is 3. The molecule has 3 heteroatoms. The normalized spacial score (nSPS) is 11.3. The van der Waals surface area contributed by atoms with Crippen LogP contribution < -0.4 is 0 Å². The lowest BCUT2D eigenvalue weighted by atomic mass is 9.83. The van der Waals surface area contributed by atoms with Gasteiger partial charge in [-0.05, 0) is 36.2 Å². The zero-order chi connectivity index (χ0) is 23.0. The largest absolute Gasteiger partial charge is 0.376 e. The highest BCUT2D eigenvalue weighted by molar-refractivity contribution is 5.58. The molecule has 0 unspecified atom stereocenters. The molecule has 3 rings (SSSR count). The zero-order valence-electron chi connectivity index (χ0n) is 19.5. The van der Waals surface area contributed by atoms with Gasteiger partial charge in [0.05, 0.1) is 33.0 Å². The second-order valence-corrected chi connectivity index (χ2v) is 8.27. The highest BCUT2D eigenvalue weighted by Crippen LogP contribution is 2.28. The van der Waals surface area contributed by atoms with Crippen LogP contribution in [-0.4, -0.2) is 19.4 Å². The second-order valence-electron chi connectivity index (χ2n) is 8.27. The van der Waals surface area contributed by atoms with E-state index >= 15 is 0 Å². The van der Waals surface area contributed by atoms with E-state index in [-0.39, 0.29) is 5.41 Å². The Balaban J connectivity index is 1.66. The Labute approximate surface area is 198 Å². The molecule has 0 spiro atoms. The Morgan fingerprint density at radius 2 is 1.21 bits per heavy atom. The first-order chi connectivity index (χ1) is 16.3. The van der Waals surface area contributed by atoms with Gasteiger partial charge in [-0.1, -0.05) is 91.0 Å². The number of hydrogen-bond donors (Lipinski definition) is 0. The van der Waals surface area contributed by atoms with Gasteiger partial charge in [-0.3, -0.25) is 4.99 Å². The molecule has 0 aliphatic carbocycles. The van der Waals surface area contributed by atoms with Crippen molar-refractivity contribution in [1.29, 1.82) is 0 Å². The summed E-state index contributed by atoms with van der Waals surface area (Å²) in [4.78, 5) is 4.68. The first kappa shape index (κ1) is 24.5. The monoisotopic (exact) mass is 439 g/mol. The third-order valence-electron chi connectivity index (χ3n) is 5.45. The van der Waals surface area contributed by atoms with Crippen molar-refractivity contribution in [3.63, 3.8) is 0 Å². The third-order valence-corrected chi connectivity index (χ3v) is 5.45. The SMILES string of the molecule is CC#CCC(CC=NCc1ccccc1)(COCc1ccccc1)COCc1ccccc1. The van der Waals surface area contributed by atoms with E-state index in [0.717, 1.165) is 17.5 Å². The van der Waals surface area contributed by atoms with E-state index in [1.165, 1.54) is 5.56 Å². The van der Waals surface area contributed by atoms with Gasteiger partial charge >= 0.3 is 0 Å². The highest BCUT2D eigenvalue weighted by Gasteiger charge is 2.30. The molecule has 0 heterocycles. The molecule has 0 aromatic heterocycles. The number of ether oxygens (including phenoxy) is 2. The van der Waals surface area contributed by atoms with Crippen LogP contribution in [0.25, 0.3) is 0 Å². The van der Waals surface area contributed by atoms with E-state index in [1.807, 2.05) is 67.7 Å². The number of rotatable bonds is 13. The molecule has 0 radical (unpaired) electrons. The van der Waals surface area contributed by atoms with Crippen molar-refractivity contribution in [2.75, 3.05) is 13.2 Å². The fraction of sp³-hybridized carbons (Fsp3) is 0.300. The minimum absolute atomic E-state index is 0.257. The maximum Gasteiger partial charge on any atom is 0.0717 e. The van der Waals surface area contributed by atoms with Crippen LogP contribution in [0, 0.1) is 17.3 Å². The predicted octanol–water partition coefficient (Wildman–Crippen LogP) is 6.48. The standard InChI is InChI=1S/C30H33NO2/c1-2-3-19-30(25-32-23-28-15-9-5-10-16-28,26-33-24-29-17-11-6-12-18-29)20-21-31-22-27-13-7-4-8-14-27/h4-18,21H,19-20,22-26H2,1H3. The smallest absolute Gasteiger partial charge is 0.0717 e. The minimum Gasteiger partial charge on any atom is -0.376 e. The molecule has 170 valence electrons. The molecule has 3 aromatic carbocycles.